The van der Waals surface area contributed by atoms with Gasteiger partial charge in [-0.25, -0.2) is 9.18 Å². The molecule has 1 aliphatic heterocycles. The van der Waals surface area contributed by atoms with Crippen LogP contribution in [0.15, 0.2) is 48.5 Å². The van der Waals surface area contributed by atoms with Gasteiger partial charge in [0.1, 0.15) is 6.04 Å². The Kier molecular flexibility index (Phi) is 8.22. The van der Waals surface area contributed by atoms with Gasteiger partial charge in [-0.1, -0.05) is 76.4 Å². The summed E-state index contributed by atoms with van der Waals surface area (Å²) in [5.74, 6) is -1.80. The van der Waals surface area contributed by atoms with Crippen LogP contribution in [0.3, 0.4) is 0 Å². The van der Waals surface area contributed by atoms with Gasteiger partial charge in [0, 0.05) is 24.4 Å². The average molecular weight is 511 g/mol. The van der Waals surface area contributed by atoms with Gasteiger partial charge in [-0.3, -0.25) is 4.79 Å². The predicted octanol–water partition coefficient (Wildman–Crippen LogP) is 5.57. The van der Waals surface area contributed by atoms with Crippen LogP contribution in [0.25, 0.3) is 0 Å². The van der Waals surface area contributed by atoms with Crippen molar-refractivity contribution in [1.29, 1.82) is 0 Å². The molecule has 4 rings (SSSR count). The van der Waals surface area contributed by atoms with E-state index in [-0.39, 0.29) is 29.5 Å². The number of halogens is 1. The zero-order valence-corrected chi connectivity index (χ0v) is 22.2. The first-order valence-electron chi connectivity index (χ1n) is 13.3. The number of aliphatic carboxylic acids is 1. The summed E-state index contributed by atoms with van der Waals surface area (Å²) in [5, 5.41) is 14.2. The zero-order valence-electron chi connectivity index (χ0n) is 22.2. The zero-order chi connectivity index (χ0) is 26.7. The first-order valence-corrected chi connectivity index (χ1v) is 13.3. The Morgan fingerprint density at radius 3 is 2.35 bits per heavy atom. The van der Waals surface area contributed by atoms with Gasteiger partial charge in [0.15, 0.2) is 11.6 Å². The van der Waals surface area contributed by atoms with Gasteiger partial charge in [-0.2, -0.15) is 0 Å². The van der Waals surface area contributed by atoms with E-state index in [9.17, 15) is 19.1 Å². The molecule has 1 saturated heterocycles. The molecule has 0 spiro atoms. The van der Waals surface area contributed by atoms with Crippen molar-refractivity contribution < 1.29 is 23.8 Å². The van der Waals surface area contributed by atoms with Crippen LogP contribution in [-0.4, -0.2) is 41.1 Å². The van der Waals surface area contributed by atoms with Crippen molar-refractivity contribution in [2.24, 2.45) is 17.3 Å². The summed E-state index contributed by atoms with van der Waals surface area (Å²) >= 11 is 0. The van der Waals surface area contributed by atoms with Crippen molar-refractivity contribution >= 4 is 11.9 Å². The molecule has 6 nitrogen and oxygen atoms in total. The second-order valence-electron chi connectivity index (χ2n) is 11.5. The van der Waals surface area contributed by atoms with E-state index in [1.54, 1.807) is 17.0 Å². The lowest BCUT2D eigenvalue weighted by atomic mass is 9.72. The van der Waals surface area contributed by atoms with Crippen molar-refractivity contribution in [3.63, 3.8) is 0 Å². The van der Waals surface area contributed by atoms with Crippen LogP contribution in [0.2, 0.25) is 0 Å². The van der Waals surface area contributed by atoms with Crippen molar-refractivity contribution in [2.45, 2.75) is 77.5 Å². The fourth-order valence-corrected chi connectivity index (χ4v) is 6.34. The molecule has 1 saturated carbocycles. The van der Waals surface area contributed by atoms with E-state index < -0.39 is 29.3 Å². The number of amides is 1. The van der Waals surface area contributed by atoms with E-state index in [4.69, 9.17) is 4.74 Å². The number of ether oxygens (including phenoxy) is 1. The van der Waals surface area contributed by atoms with Crippen molar-refractivity contribution in [3.8, 4) is 5.75 Å². The third kappa shape index (κ3) is 5.66. The number of nitrogens with one attached hydrogen (secondary N) is 1. The fraction of sp³-hybridized carbons (Fsp3) is 0.533. The molecule has 1 aliphatic carbocycles. The monoisotopic (exact) mass is 510 g/mol. The number of benzene rings is 2. The third-order valence-corrected chi connectivity index (χ3v) is 8.03. The highest BCUT2D eigenvalue weighted by molar-refractivity contribution is 5.87. The molecule has 2 aliphatic rings. The van der Waals surface area contributed by atoms with E-state index in [2.05, 4.69) is 5.32 Å². The largest absolute Gasteiger partial charge is 0.494 e. The lowest BCUT2D eigenvalue weighted by Gasteiger charge is -2.36. The van der Waals surface area contributed by atoms with E-state index >= 15 is 0 Å². The molecule has 2 aromatic rings. The van der Waals surface area contributed by atoms with Crippen LogP contribution in [0, 0.1) is 23.1 Å². The lowest BCUT2D eigenvalue weighted by molar-refractivity contribution is -0.154. The minimum atomic E-state index is -0.974. The molecular formula is C30H39FN2O4. The topological polar surface area (TPSA) is 78.9 Å². The van der Waals surface area contributed by atoms with E-state index in [0.29, 0.717) is 6.54 Å². The SMILES string of the molecule is COc1cc(CN[C@H]2[C@H](C(C)(C)C)[C@@H](C(=O)O)N(C(=O)C3CCCCC3)[C@H]2c2ccccc2)ccc1F. The van der Waals surface area contributed by atoms with Gasteiger partial charge in [0.25, 0.3) is 0 Å². The minimum Gasteiger partial charge on any atom is -0.494 e. The van der Waals surface area contributed by atoms with Gasteiger partial charge < -0.3 is 20.1 Å². The molecular weight excluding hydrogens is 471 g/mol. The molecule has 200 valence electrons. The number of rotatable bonds is 7. The summed E-state index contributed by atoms with van der Waals surface area (Å²) in [6.45, 7) is 6.51. The maximum Gasteiger partial charge on any atom is 0.326 e. The molecule has 4 atom stereocenters. The maximum absolute atomic E-state index is 14.1. The highest BCUT2D eigenvalue weighted by Gasteiger charge is 2.58. The van der Waals surface area contributed by atoms with Crippen LogP contribution in [0.1, 0.15) is 70.0 Å². The molecule has 1 heterocycles. The van der Waals surface area contributed by atoms with Gasteiger partial charge in [0.2, 0.25) is 5.91 Å². The van der Waals surface area contributed by atoms with Crippen LogP contribution < -0.4 is 10.1 Å². The summed E-state index contributed by atoms with van der Waals surface area (Å²) in [6, 6.07) is 12.7. The van der Waals surface area contributed by atoms with Crippen LogP contribution in [0.5, 0.6) is 5.75 Å². The van der Waals surface area contributed by atoms with E-state index in [0.717, 1.165) is 43.2 Å². The molecule has 2 aromatic carbocycles. The fourth-order valence-electron chi connectivity index (χ4n) is 6.34. The van der Waals surface area contributed by atoms with Crippen molar-refractivity contribution in [1.82, 2.24) is 10.2 Å². The molecule has 0 bridgehead atoms. The molecule has 0 unspecified atom stereocenters. The number of likely N-dealkylation sites (tertiary alicyclic amines) is 1. The molecule has 0 aromatic heterocycles. The maximum atomic E-state index is 14.1. The van der Waals surface area contributed by atoms with E-state index in [1.807, 2.05) is 51.1 Å². The van der Waals surface area contributed by atoms with Gasteiger partial charge in [0.05, 0.1) is 13.2 Å². The molecule has 7 heteroatoms. The number of methoxy groups -OCH3 is 1. The Morgan fingerprint density at radius 2 is 1.76 bits per heavy atom. The predicted molar refractivity (Wildman–Crippen MR) is 141 cm³/mol. The quantitative estimate of drug-likeness (QED) is 0.509. The molecule has 2 fully saturated rings. The summed E-state index contributed by atoms with van der Waals surface area (Å²) in [4.78, 5) is 28.7. The first kappa shape index (κ1) is 27.1. The second-order valence-corrected chi connectivity index (χ2v) is 11.5. The summed E-state index contributed by atoms with van der Waals surface area (Å²) in [7, 11) is 1.43. The number of carbonyl (C=O) groups excluding carboxylic acids is 1. The molecule has 0 radical (unpaired) electrons. The van der Waals surface area contributed by atoms with Crippen LogP contribution in [0.4, 0.5) is 4.39 Å². The van der Waals surface area contributed by atoms with Crippen molar-refractivity contribution in [2.75, 3.05) is 7.11 Å². The number of hydrogen-bond donors (Lipinski definition) is 2. The first-order chi connectivity index (χ1) is 17.6. The Morgan fingerprint density at radius 1 is 1.08 bits per heavy atom. The molecule has 1 amide bonds. The summed E-state index contributed by atoms with van der Waals surface area (Å²) in [5.41, 5.74) is 1.33. The average Bonchev–Trinajstić information content (AvgIpc) is 3.25. The Hall–Kier alpha value is -2.93. The van der Waals surface area contributed by atoms with Crippen molar-refractivity contribution in [3.05, 3.63) is 65.5 Å². The molecule has 37 heavy (non-hydrogen) atoms. The number of carbonyl (C=O) groups is 2. The standard InChI is InChI=1S/C30H39FN2O4/c1-30(2,3)24-25(32-18-19-15-16-22(31)23(17-19)37-4)26(20-11-7-5-8-12-20)33(27(24)29(35)36)28(34)21-13-9-6-10-14-21/h5,7-8,11-12,15-17,21,24-27,32H,6,9-10,13-14,18H2,1-4H3,(H,35,36)/t24-,25-,26-,27-/m0/s1. The number of nitrogens with zero attached hydrogens (tertiary/aromatic N) is 1. The highest BCUT2D eigenvalue weighted by atomic mass is 19.1. The smallest absolute Gasteiger partial charge is 0.326 e. The van der Waals surface area contributed by atoms with Gasteiger partial charge in [-0.15, -0.1) is 0 Å². The summed E-state index contributed by atoms with van der Waals surface area (Å²) < 4.78 is 19.2. The lowest BCUT2D eigenvalue weighted by Crippen LogP contribution is -2.49. The number of hydrogen-bond acceptors (Lipinski definition) is 4. The van der Waals surface area contributed by atoms with Gasteiger partial charge >= 0.3 is 5.97 Å². The molecule has 2 N–H and O–H groups in total. The Balaban J connectivity index is 1.78. The van der Waals surface area contributed by atoms with Crippen LogP contribution in [-0.2, 0) is 16.1 Å². The van der Waals surface area contributed by atoms with Crippen LogP contribution >= 0.6 is 0 Å². The van der Waals surface area contributed by atoms with E-state index in [1.165, 1.54) is 13.2 Å². The number of carboxylic acid groups (broad SMARTS) is 1. The van der Waals surface area contributed by atoms with Gasteiger partial charge in [-0.05, 0) is 41.5 Å². The Labute approximate surface area is 219 Å². The second kappa shape index (κ2) is 11.2. The normalized spacial score (nSPS) is 24.7. The minimum absolute atomic E-state index is 0.0528. The Bertz CT molecular complexity index is 1090. The summed E-state index contributed by atoms with van der Waals surface area (Å²) in [6.07, 6.45) is 4.71. The number of carboxylic acids is 1. The highest BCUT2D eigenvalue weighted by Crippen LogP contribution is 2.49. The third-order valence-electron chi connectivity index (χ3n) is 8.03.